The van der Waals surface area contributed by atoms with Gasteiger partial charge < -0.3 is 10.1 Å². The van der Waals surface area contributed by atoms with E-state index in [1.807, 2.05) is 31.3 Å². The van der Waals surface area contributed by atoms with Crippen LogP contribution in [0.1, 0.15) is 36.6 Å². The lowest BCUT2D eigenvalue weighted by Gasteiger charge is -2.10. The first kappa shape index (κ1) is 14.0. The lowest BCUT2D eigenvalue weighted by atomic mass is 10.1. The van der Waals surface area contributed by atoms with Crippen LogP contribution in [-0.2, 0) is 13.0 Å². The van der Waals surface area contributed by atoms with E-state index in [2.05, 4.69) is 28.3 Å². The van der Waals surface area contributed by atoms with Crippen molar-refractivity contribution in [3.8, 4) is 11.8 Å². The van der Waals surface area contributed by atoms with Crippen molar-refractivity contribution in [2.45, 2.75) is 45.7 Å². The van der Waals surface area contributed by atoms with E-state index in [0.717, 1.165) is 30.0 Å². The third-order valence-corrected chi connectivity index (χ3v) is 3.77. The van der Waals surface area contributed by atoms with Gasteiger partial charge in [-0.15, -0.1) is 0 Å². The molecule has 1 N–H and O–H groups in total. The minimum absolute atomic E-state index is 0.420. The summed E-state index contributed by atoms with van der Waals surface area (Å²) in [5.41, 5.74) is 3.28. The van der Waals surface area contributed by atoms with E-state index in [-0.39, 0.29) is 0 Å². The lowest BCUT2D eigenvalue weighted by Crippen LogP contribution is -2.16. The fourth-order valence-electron chi connectivity index (χ4n) is 2.23. The zero-order chi connectivity index (χ0) is 14.7. The number of rotatable bonds is 6. The number of ether oxygens (including phenoxy) is 1. The Balaban J connectivity index is 1.71. The molecule has 1 heterocycles. The molecule has 0 aliphatic heterocycles. The van der Waals surface area contributed by atoms with Crippen molar-refractivity contribution in [1.82, 2.24) is 15.3 Å². The first-order valence-electron chi connectivity index (χ1n) is 7.58. The quantitative estimate of drug-likeness (QED) is 0.882. The summed E-state index contributed by atoms with van der Waals surface area (Å²) in [6.07, 6.45) is 5.37. The van der Waals surface area contributed by atoms with Gasteiger partial charge >= 0.3 is 6.01 Å². The second kappa shape index (κ2) is 6.22. The number of aryl methyl sites for hydroxylation is 2. The number of nitrogens with zero attached hydrogens (tertiary/aromatic N) is 2. The maximum atomic E-state index is 5.83. The Morgan fingerprint density at radius 3 is 2.76 bits per heavy atom. The molecular formula is C17H21N3O. The van der Waals surface area contributed by atoms with Crippen LogP contribution in [0.3, 0.4) is 0 Å². The van der Waals surface area contributed by atoms with Crippen LogP contribution in [0, 0.1) is 6.92 Å². The van der Waals surface area contributed by atoms with Gasteiger partial charge in [0, 0.05) is 30.0 Å². The second-order valence-electron chi connectivity index (χ2n) is 5.48. The Kier molecular flexibility index (Phi) is 4.15. The van der Waals surface area contributed by atoms with Crippen molar-refractivity contribution < 1.29 is 4.74 Å². The summed E-state index contributed by atoms with van der Waals surface area (Å²) in [7, 11) is 0. The van der Waals surface area contributed by atoms with E-state index in [4.69, 9.17) is 4.74 Å². The monoisotopic (exact) mass is 283 g/mol. The highest BCUT2D eigenvalue weighted by Gasteiger charge is 2.20. The lowest BCUT2D eigenvalue weighted by molar-refractivity contribution is 0.434. The number of nitrogens with one attached hydrogen (secondary N) is 1. The van der Waals surface area contributed by atoms with Gasteiger partial charge in [0.25, 0.3) is 0 Å². The smallest absolute Gasteiger partial charge is 0.322 e. The molecule has 0 radical (unpaired) electrons. The van der Waals surface area contributed by atoms with Crippen LogP contribution in [0.2, 0.25) is 0 Å². The molecule has 1 saturated carbocycles. The highest BCUT2D eigenvalue weighted by atomic mass is 16.5. The Hall–Kier alpha value is -1.94. The van der Waals surface area contributed by atoms with Crippen LogP contribution < -0.4 is 10.1 Å². The molecule has 21 heavy (non-hydrogen) atoms. The van der Waals surface area contributed by atoms with E-state index < -0.39 is 0 Å². The van der Waals surface area contributed by atoms with E-state index in [0.29, 0.717) is 12.1 Å². The molecule has 0 bridgehead atoms. The van der Waals surface area contributed by atoms with Gasteiger partial charge in [0.1, 0.15) is 5.75 Å². The van der Waals surface area contributed by atoms with E-state index >= 15 is 0 Å². The van der Waals surface area contributed by atoms with Gasteiger partial charge in [0.05, 0.1) is 0 Å². The van der Waals surface area contributed by atoms with Gasteiger partial charge in [0.2, 0.25) is 0 Å². The minimum atomic E-state index is 0.420. The highest BCUT2D eigenvalue weighted by molar-refractivity contribution is 5.35. The zero-order valence-electron chi connectivity index (χ0n) is 12.6. The van der Waals surface area contributed by atoms with Crippen LogP contribution in [0.4, 0.5) is 0 Å². The number of aromatic nitrogens is 2. The topological polar surface area (TPSA) is 47.0 Å². The van der Waals surface area contributed by atoms with E-state index in [1.165, 1.54) is 18.4 Å². The van der Waals surface area contributed by atoms with E-state index in [9.17, 15) is 0 Å². The van der Waals surface area contributed by atoms with Crippen LogP contribution in [0.25, 0.3) is 0 Å². The number of hydrogen-bond donors (Lipinski definition) is 1. The minimum Gasteiger partial charge on any atom is -0.424 e. The van der Waals surface area contributed by atoms with E-state index in [1.54, 1.807) is 0 Å². The highest BCUT2D eigenvalue weighted by Crippen LogP contribution is 2.24. The molecule has 4 nitrogen and oxygen atoms in total. The molecule has 0 saturated heterocycles. The molecule has 0 spiro atoms. The summed E-state index contributed by atoms with van der Waals surface area (Å²) in [4.78, 5) is 8.80. The first-order valence-corrected chi connectivity index (χ1v) is 7.58. The van der Waals surface area contributed by atoms with Gasteiger partial charge in [-0.2, -0.15) is 4.98 Å². The van der Waals surface area contributed by atoms with Crippen LogP contribution >= 0.6 is 0 Å². The molecule has 1 aliphatic carbocycles. The fraction of sp³-hybridized carbons (Fsp3) is 0.412. The Bertz CT molecular complexity index is 623. The molecule has 1 aromatic carbocycles. The van der Waals surface area contributed by atoms with Gasteiger partial charge in [0.15, 0.2) is 0 Å². The third-order valence-electron chi connectivity index (χ3n) is 3.77. The Morgan fingerprint density at radius 1 is 1.24 bits per heavy atom. The molecule has 1 aromatic heterocycles. The average Bonchev–Trinajstić information content (AvgIpc) is 3.31. The maximum Gasteiger partial charge on any atom is 0.322 e. The number of para-hydroxylation sites is 1. The Morgan fingerprint density at radius 2 is 2.05 bits per heavy atom. The van der Waals surface area contributed by atoms with Gasteiger partial charge in [-0.05, 0) is 37.8 Å². The standard InChI is InChI=1S/C17H21N3O/c1-3-13-6-4-5-7-16(13)21-17-19-11-14(12(2)20-17)10-18-15-8-9-15/h4-7,11,15,18H,3,8-10H2,1-2H3. The molecule has 1 fully saturated rings. The summed E-state index contributed by atoms with van der Waals surface area (Å²) in [6.45, 7) is 4.95. The summed E-state index contributed by atoms with van der Waals surface area (Å²) < 4.78 is 5.83. The molecule has 2 aromatic rings. The van der Waals surface area contributed by atoms with Crippen molar-refractivity contribution in [1.29, 1.82) is 0 Å². The predicted molar refractivity (Wildman–Crippen MR) is 82.5 cm³/mol. The number of hydrogen-bond acceptors (Lipinski definition) is 4. The Labute approximate surface area is 125 Å². The van der Waals surface area contributed by atoms with Crippen LogP contribution in [0.5, 0.6) is 11.8 Å². The summed E-state index contributed by atoms with van der Waals surface area (Å²) in [6, 6.07) is 9.12. The second-order valence-corrected chi connectivity index (χ2v) is 5.48. The van der Waals surface area contributed by atoms with Crippen molar-refractivity contribution >= 4 is 0 Å². The summed E-state index contributed by atoms with van der Waals surface area (Å²) >= 11 is 0. The van der Waals surface area contributed by atoms with Crippen molar-refractivity contribution in [3.63, 3.8) is 0 Å². The SMILES string of the molecule is CCc1ccccc1Oc1ncc(CNC2CC2)c(C)n1. The van der Waals surface area contributed by atoms with Crippen molar-refractivity contribution in [2.75, 3.05) is 0 Å². The average molecular weight is 283 g/mol. The number of benzene rings is 1. The van der Waals surface area contributed by atoms with Crippen LogP contribution in [-0.4, -0.2) is 16.0 Å². The van der Waals surface area contributed by atoms with Crippen molar-refractivity contribution in [2.24, 2.45) is 0 Å². The largest absolute Gasteiger partial charge is 0.424 e. The molecule has 110 valence electrons. The first-order chi connectivity index (χ1) is 10.3. The van der Waals surface area contributed by atoms with Gasteiger partial charge in [-0.25, -0.2) is 4.98 Å². The molecule has 0 amide bonds. The van der Waals surface area contributed by atoms with Crippen LogP contribution in [0.15, 0.2) is 30.5 Å². The summed E-state index contributed by atoms with van der Waals surface area (Å²) in [5, 5.41) is 3.48. The molecule has 4 heteroatoms. The third kappa shape index (κ3) is 3.58. The van der Waals surface area contributed by atoms with Crippen molar-refractivity contribution in [3.05, 3.63) is 47.3 Å². The molecule has 0 unspecified atom stereocenters. The molecule has 1 aliphatic rings. The van der Waals surface area contributed by atoms with Gasteiger partial charge in [-0.3, -0.25) is 0 Å². The maximum absolute atomic E-state index is 5.83. The van der Waals surface area contributed by atoms with Gasteiger partial charge in [-0.1, -0.05) is 25.1 Å². The predicted octanol–water partition coefficient (Wildman–Crippen LogP) is 3.39. The molecule has 0 atom stereocenters. The summed E-state index contributed by atoms with van der Waals surface area (Å²) in [5.74, 6) is 0.836. The normalized spacial score (nSPS) is 14.2. The molecular weight excluding hydrogens is 262 g/mol. The fourth-order valence-corrected chi connectivity index (χ4v) is 2.23. The zero-order valence-corrected chi connectivity index (χ0v) is 12.6. The molecule has 3 rings (SSSR count).